The molecule has 2 aromatic rings. The molecule has 1 atom stereocenters. The van der Waals surface area contributed by atoms with Crippen LogP contribution in [0.4, 0.5) is 11.4 Å². The zero-order valence-electron chi connectivity index (χ0n) is 9.55. The topological polar surface area (TPSA) is 83.8 Å². The van der Waals surface area contributed by atoms with Gasteiger partial charge in [0.25, 0.3) is 5.69 Å². The number of aromatic nitrogens is 2. The highest BCUT2D eigenvalue weighted by atomic mass is 79.9. The normalized spacial score (nSPS) is 12.1. The minimum atomic E-state index is -0.423. The van der Waals surface area contributed by atoms with Crippen LogP contribution in [0.25, 0.3) is 0 Å². The molecule has 0 aliphatic heterocycles. The Bertz CT molecular complexity index is 556. The van der Waals surface area contributed by atoms with E-state index in [0.717, 1.165) is 11.3 Å². The Labute approximate surface area is 112 Å². The molecule has 0 fully saturated rings. The molecule has 0 amide bonds. The standard InChI is InChI=1S/C11H11BrN4O2/c1-7(8-5-13-14-6-8)15-11-3-2-9(16(17)18)4-10(11)12/h2-7,15H,1H3,(H,13,14). The fourth-order valence-electron chi connectivity index (χ4n) is 1.55. The number of non-ortho nitro benzene ring substituents is 1. The molecule has 1 aromatic carbocycles. The third kappa shape index (κ3) is 2.67. The first kappa shape index (κ1) is 12.6. The van der Waals surface area contributed by atoms with Crippen molar-refractivity contribution in [2.24, 2.45) is 0 Å². The third-order valence-corrected chi connectivity index (χ3v) is 3.21. The molecule has 1 aromatic heterocycles. The SMILES string of the molecule is CC(Nc1ccc([N+](=O)[O-])cc1Br)c1cn[nH]c1. The number of benzene rings is 1. The van der Waals surface area contributed by atoms with Gasteiger partial charge in [-0.2, -0.15) is 5.10 Å². The van der Waals surface area contributed by atoms with Gasteiger partial charge >= 0.3 is 0 Å². The third-order valence-electron chi connectivity index (χ3n) is 2.55. The van der Waals surface area contributed by atoms with Crippen molar-refractivity contribution in [2.75, 3.05) is 5.32 Å². The Hall–Kier alpha value is -1.89. The van der Waals surface area contributed by atoms with Gasteiger partial charge in [-0.25, -0.2) is 0 Å². The van der Waals surface area contributed by atoms with Gasteiger partial charge in [0.2, 0.25) is 0 Å². The van der Waals surface area contributed by atoms with E-state index in [1.807, 2.05) is 6.92 Å². The summed E-state index contributed by atoms with van der Waals surface area (Å²) in [5, 5.41) is 20.5. The molecular weight excluding hydrogens is 300 g/mol. The van der Waals surface area contributed by atoms with Crippen molar-refractivity contribution in [2.45, 2.75) is 13.0 Å². The number of hydrogen-bond donors (Lipinski definition) is 2. The molecule has 7 heteroatoms. The van der Waals surface area contributed by atoms with Crippen LogP contribution in [0.3, 0.4) is 0 Å². The molecule has 0 aliphatic rings. The smallest absolute Gasteiger partial charge is 0.270 e. The number of nitrogens with zero attached hydrogens (tertiary/aromatic N) is 2. The van der Waals surface area contributed by atoms with Gasteiger partial charge in [0.15, 0.2) is 0 Å². The first-order valence-corrected chi connectivity index (χ1v) is 6.06. The molecule has 6 nitrogen and oxygen atoms in total. The second-order valence-corrected chi connectivity index (χ2v) is 4.67. The number of nitro benzene ring substituents is 1. The molecule has 18 heavy (non-hydrogen) atoms. The Kier molecular flexibility index (Phi) is 3.61. The van der Waals surface area contributed by atoms with Crippen molar-refractivity contribution < 1.29 is 4.92 Å². The predicted octanol–water partition coefficient (Wildman–Crippen LogP) is 3.25. The monoisotopic (exact) mass is 310 g/mol. The Balaban J connectivity index is 2.17. The summed E-state index contributed by atoms with van der Waals surface area (Å²) in [6.07, 6.45) is 3.54. The van der Waals surface area contributed by atoms with Crippen LogP contribution in [0.1, 0.15) is 18.5 Å². The molecule has 1 heterocycles. The summed E-state index contributed by atoms with van der Waals surface area (Å²) in [7, 11) is 0. The van der Waals surface area contributed by atoms with E-state index in [1.54, 1.807) is 18.5 Å². The van der Waals surface area contributed by atoms with E-state index in [1.165, 1.54) is 12.1 Å². The first-order chi connectivity index (χ1) is 8.58. The second kappa shape index (κ2) is 5.18. The predicted molar refractivity (Wildman–Crippen MR) is 71.4 cm³/mol. The number of hydrogen-bond acceptors (Lipinski definition) is 4. The van der Waals surface area contributed by atoms with Gasteiger partial charge in [-0.3, -0.25) is 15.2 Å². The Morgan fingerprint density at radius 3 is 2.89 bits per heavy atom. The zero-order chi connectivity index (χ0) is 13.1. The van der Waals surface area contributed by atoms with Crippen molar-refractivity contribution in [1.82, 2.24) is 10.2 Å². The fourth-order valence-corrected chi connectivity index (χ4v) is 2.03. The van der Waals surface area contributed by atoms with Gasteiger partial charge in [0.05, 0.1) is 17.2 Å². The van der Waals surface area contributed by atoms with Gasteiger partial charge in [0, 0.05) is 34.1 Å². The van der Waals surface area contributed by atoms with Crippen LogP contribution in [-0.2, 0) is 0 Å². The highest BCUT2D eigenvalue weighted by Gasteiger charge is 2.12. The Morgan fingerprint density at radius 1 is 1.56 bits per heavy atom. The van der Waals surface area contributed by atoms with Crippen LogP contribution < -0.4 is 5.32 Å². The summed E-state index contributed by atoms with van der Waals surface area (Å²) in [6, 6.07) is 4.68. The number of H-pyrrole nitrogens is 1. The van der Waals surface area contributed by atoms with Crippen molar-refractivity contribution >= 4 is 27.3 Å². The lowest BCUT2D eigenvalue weighted by Gasteiger charge is -2.14. The molecule has 0 radical (unpaired) electrons. The number of nitro groups is 1. The maximum atomic E-state index is 10.6. The van der Waals surface area contributed by atoms with Gasteiger partial charge in [-0.15, -0.1) is 0 Å². The summed E-state index contributed by atoms with van der Waals surface area (Å²) >= 11 is 3.32. The van der Waals surface area contributed by atoms with Crippen molar-refractivity contribution in [3.05, 3.63) is 50.7 Å². The van der Waals surface area contributed by atoms with Gasteiger partial charge < -0.3 is 5.32 Å². The van der Waals surface area contributed by atoms with E-state index in [0.29, 0.717) is 4.47 Å². The lowest BCUT2D eigenvalue weighted by molar-refractivity contribution is -0.384. The van der Waals surface area contributed by atoms with Crippen LogP contribution in [-0.4, -0.2) is 15.1 Å². The summed E-state index contributed by atoms with van der Waals surface area (Å²) in [6.45, 7) is 1.98. The van der Waals surface area contributed by atoms with Crippen molar-refractivity contribution in [1.29, 1.82) is 0 Å². The number of halogens is 1. The summed E-state index contributed by atoms with van der Waals surface area (Å²) in [5.41, 5.74) is 1.87. The van der Waals surface area contributed by atoms with Crippen LogP contribution >= 0.6 is 15.9 Å². The lowest BCUT2D eigenvalue weighted by atomic mass is 10.2. The highest BCUT2D eigenvalue weighted by Crippen LogP contribution is 2.29. The number of rotatable bonds is 4. The molecule has 0 saturated heterocycles. The maximum absolute atomic E-state index is 10.6. The second-order valence-electron chi connectivity index (χ2n) is 3.82. The average molecular weight is 311 g/mol. The van der Waals surface area contributed by atoms with Crippen LogP contribution in [0.2, 0.25) is 0 Å². The first-order valence-electron chi connectivity index (χ1n) is 5.27. The van der Waals surface area contributed by atoms with Gasteiger partial charge in [-0.1, -0.05) is 0 Å². The Morgan fingerprint density at radius 2 is 2.33 bits per heavy atom. The summed E-state index contributed by atoms with van der Waals surface area (Å²) in [5.74, 6) is 0. The molecular formula is C11H11BrN4O2. The molecule has 0 saturated carbocycles. The van der Waals surface area contributed by atoms with E-state index >= 15 is 0 Å². The fraction of sp³-hybridized carbons (Fsp3) is 0.182. The van der Waals surface area contributed by atoms with Crippen molar-refractivity contribution in [3.8, 4) is 0 Å². The van der Waals surface area contributed by atoms with E-state index in [2.05, 4.69) is 31.4 Å². The molecule has 94 valence electrons. The molecule has 0 spiro atoms. The summed E-state index contributed by atoms with van der Waals surface area (Å²) in [4.78, 5) is 10.2. The highest BCUT2D eigenvalue weighted by molar-refractivity contribution is 9.10. The molecule has 1 unspecified atom stereocenters. The van der Waals surface area contributed by atoms with Crippen LogP contribution in [0.15, 0.2) is 35.1 Å². The van der Waals surface area contributed by atoms with Crippen LogP contribution in [0, 0.1) is 10.1 Å². The van der Waals surface area contributed by atoms with Gasteiger partial charge in [0.1, 0.15) is 0 Å². The van der Waals surface area contributed by atoms with E-state index in [9.17, 15) is 10.1 Å². The quantitative estimate of drug-likeness (QED) is 0.670. The molecule has 2 rings (SSSR count). The largest absolute Gasteiger partial charge is 0.377 e. The van der Waals surface area contributed by atoms with Crippen LogP contribution in [0.5, 0.6) is 0 Å². The van der Waals surface area contributed by atoms with Gasteiger partial charge in [-0.05, 0) is 28.9 Å². The lowest BCUT2D eigenvalue weighted by Crippen LogP contribution is -2.06. The van der Waals surface area contributed by atoms with Crippen molar-refractivity contribution in [3.63, 3.8) is 0 Å². The van der Waals surface area contributed by atoms with E-state index in [-0.39, 0.29) is 11.7 Å². The number of anilines is 1. The zero-order valence-corrected chi connectivity index (χ0v) is 11.1. The minimum absolute atomic E-state index is 0.0570. The molecule has 0 aliphatic carbocycles. The maximum Gasteiger partial charge on any atom is 0.270 e. The molecule has 2 N–H and O–H groups in total. The minimum Gasteiger partial charge on any atom is -0.377 e. The van der Waals surface area contributed by atoms with E-state index in [4.69, 9.17) is 0 Å². The average Bonchev–Trinajstić information content (AvgIpc) is 2.85. The van der Waals surface area contributed by atoms with E-state index < -0.39 is 4.92 Å². The number of aromatic amines is 1. The number of nitrogens with one attached hydrogen (secondary N) is 2. The summed E-state index contributed by atoms with van der Waals surface area (Å²) < 4.78 is 0.659. The molecule has 0 bridgehead atoms.